The van der Waals surface area contributed by atoms with E-state index in [4.69, 9.17) is 11.6 Å². The number of fused-ring (bicyclic) bond motifs is 1. The highest BCUT2D eigenvalue weighted by Crippen LogP contribution is 2.39. The second kappa shape index (κ2) is 6.35. The summed E-state index contributed by atoms with van der Waals surface area (Å²) in [5.74, 6) is 1.89. The fourth-order valence-electron chi connectivity index (χ4n) is 3.77. The number of imidazole rings is 1. The van der Waals surface area contributed by atoms with Crippen molar-refractivity contribution in [3.05, 3.63) is 29.8 Å². The van der Waals surface area contributed by atoms with Crippen LogP contribution >= 0.6 is 11.6 Å². The largest absolute Gasteiger partial charge is 0.324 e. The SMILES string of the molecule is CCC1CCCCC1n1c(CCCl)nc2c(F)cccc21. The molecule has 0 N–H and O–H groups in total. The van der Waals surface area contributed by atoms with Crippen molar-refractivity contribution in [3.63, 3.8) is 0 Å². The van der Waals surface area contributed by atoms with E-state index in [0.29, 0.717) is 29.8 Å². The zero-order valence-corrected chi connectivity index (χ0v) is 13.2. The second-order valence-corrected chi connectivity index (χ2v) is 6.34. The van der Waals surface area contributed by atoms with Crippen LogP contribution in [0.15, 0.2) is 18.2 Å². The monoisotopic (exact) mass is 308 g/mol. The van der Waals surface area contributed by atoms with Gasteiger partial charge in [-0.15, -0.1) is 11.6 Å². The topological polar surface area (TPSA) is 17.8 Å². The maximum atomic E-state index is 14.1. The molecule has 1 saturated carbocycles. The summed E-state index contributed by atoms with van der Waals surface area (Å²) in [4.78, 5) is 4.55. The lowest BCUT2D eigenvalue weighted by atomic mass is 9.82. The number of halogens is 2. The van der Waals surface area contributed by atoms with Crippen LogP contribution in [0, 0.1) is 11.7 Å². The zero-order chi connectivity index (χ0) is 14.8. The molecule has 0 aliphatic heterocycles. The van der Waals surface area contributed by atoms with E-state index in [2.05, 4.69) is 16.5 Å². The molecule has 2 aromatic rings. The Balaban J connectivity index is 2.14. The number of para-hydroxylation sites is 1. The van der Waals surface area contributed by atoms with Crippen molar-refractivity contribution in [2.75, 3.05) is 5.88 Å². The maximum Gasteiger partial charge on any atom is 0.151 e. The van der Waals surface area contributed by atoms with Crippen LogP contribution in [0.1, 0.15) is 50.9 Å². The number of hydrogen-bond donors (Lipinski definition) is 0. The van der Waals surface area contributed by atoms with Gasteiger partial charge in [0, 0.05) is 18.3 Å². The average molecular weight is 309 g/mol. The number of rotatable bonds is 4. The molecule has 4 heteroatoms. The lowest BCUT2D eigenvalue weighted by Gasteiger charge is -2.33. The Bertz CT molecular complexity index is 623. The van der Waals surface area contributed by atoms with E-state index in [-0.39, 0.29) is 5.82 Å². The van der Waals surface area contributed by atoms with Crippen molar-refractivity contribution in [3.8, 4) is 0 Å². The van der Waals surface area contributed by atoms with Gasteiger partial charge in [-0.3, -0.25) is 0 Å². The van der Waals surface area contributed by atoms with Gasteiger partial charge in [-0.05, 0) is 30.9 Å². The van der Waals surface area contributed by atoms with E-state index in [1.165, 1.54) is 31.7 Å². The van der Waals surface area contributed by atoms with Gasteiger partial charge in [0.25, 0.3) is 0 Å². The maximum absolute atomic E-state index is 14.1. The summed E-state index contributed by atoms with van der Waals surface area (Å²) in [5, 5.41) is 0. The third-order valence-electron chi connectivity index (χ3n) is 4.79. The van der Waals surface area contributed by atoms with Crippen LogP contribution in [0.4, 0.5) is 4.39 Å². The van der Waals surface area contributed by atoms with E-state index in [0.717, 1.165) is 17.8 Å². The third-order valence-corrected chi connectivity index (χ3v) is 4.98. The van der Waals surface area contributed by atoms with Crippen molar-refractivity contribution < 1.29 is 4.39 Å². The van der Waals surface area contributed by atoms with Crippen LogP contribution in [0.2, 0.25) is 0 Å². The lowest BCUT2D eigenvalue weighted by Crippen LogP contribution is -2.24. The number of aryl methyl sites for hydroxylation is 1. The van der Waals surface area contributed by atoms with Gasteiger partial charge in [0.2, 0.25) is 0 Å². The number of benzene rings is 1. The molecule has 1 aliphatic rings. The first-order valence-corrected chi connectivity index (χ1v) is 8.51. The summed E-state index contributed by atoms with van der Waals surface area (Å²) in [6, 6.07) is 5.70. The Hall–Kier alpha value is -1.09. The van der Waals surface area contributed by atoms with E-state index in [1.807, 2.05) is 6.07 Å². The van der Waals surface area contributed by atoms with Gasteiger partial charge < -0.3 is 4.57 Å². The Morgan fingerprint density at radius 2 is 2.14 bits per heavy atom. The first-order chi connectivity index (χ1) is 10.3. The quantitative estimate of drug-likeness (QED) is 0.719. The van der Waals surface area contributed by atoms with Gasteiger partial charge in [0.15, 0.2) is 5.82 Å². The molecular weight excluding hydrogens is 287 g/mol. The van der Waals surface area contributed by atoms with E-state index in [1.54, 1.807) is 6.07 Å². The fraction of sp³-hybridized carbons (Fsp3) is 0.588. The normalized spacial score (nSPS) is 22.8. The lowest BCUT2D eigenvalue weighted by molar-refractivity contribution is 0.233. The highest BCUT2D eigenvalue weighted by Gasteiger charge is 2.28. The number of hydrogen-bond acceptors (Lipinski definition) is 1. The molecule has 0 bridgehead atoms. The van der Waals surface area contributed by atoms with E-state index < -0.39 is 0 Å². The number of alkyl halides is 1. The van der Waals surface area contributed by atoms with Crippen LogP contribution in [0.3, 0.4) is 0 Å². The molecule has 1 aliphatic carbocycles. The summed E-state index contributed by atoms with van der Waals surface area (Å²) in [6.07, 6.45) is 6.84. The molecule has 0 spiro atoms. The number of aromatic nitrogens is 2. The molecule has 21 heavy (non-hydrogen) atoms. The van der Waals surface area contributed by atoms with Crippen molar-refractivity contribution in [2.24, 2.45) is 5.92 Å². The summed E-state index contributed by atoms with van der Waals surface area (Å²) in [6.45, 7) is 2.25. The summed E-state index contributed by atoms with van der Waals surface area (Å²) in [5.41, 5.74) is 1.43. The van der Waals surface area contributed by atoms with Crippen molar-refractivity contribution in [1.29, 1.82) is 0 Å². The van der Waals surface area contributed by atoms with Crippen LogP contribution in [-0.2, 0) is 6.42 Å². The molecule has 0 amide bonds. The Morgan fingerprint density at radius 3 is 2.90 bits per heavy atom. The first-order valence-electron chi connectivity index (χ1n) is 7.97. The molecule has 1 heterocycles. The minimum absolute atomic E-state index is 0.231. The molecule has 0 radical (unpaired) electrons. The molecule has 2 unspecified atom stereocenters. The van der Waals surface area contributed by atoms with Gasteiger partial charge in [-0.25, -0.2) is 9.37 Å². The van der Waals surface area contributed by atoms with Gasteiger partial charge in [0.1, 0.15) is 11.3 Å². The number of nitrogens with zero attached hydrogens (tertiary/aromatic N) is 2. The predicted molar refractivity (Wildman–Crippen MR) is 85.4 cm³/mol. The summed E-state index contributed by atoms with van der Waals surface area (Å²) in [7, 11) is 0. The Morgan fingerprint density at radius 1 is 1.33 bits per heavy atom. The van der Waals surface area contributed by atoms with Crippen molar-refractivity contribution in [1.82, 2.24) is 9.55 Å². The third kappa shape index (κ3) is 2.68. The van der Waals surface area contributed by atoms with Crippen LogP contribution in [0.25, 0.3) is 11.0 Å². The summed E-state index contributed by atoms with van der Waals surface area (Å²) >= 11 is 5.94. The van der Waals surface area contributed by atoms with Crippen molar-refractivity contribution in [2.45, 2.75) is 51.5 Å². The first kappa shape index (κ1) is 14.8. The average Bonchev–Trinajstić information content (AvgIpc) is 2.87. The van der Waals surface area contributed by atoms with Gasteiger partial charge in [0.05, 0.1) is 5.52 Å². The molecule has 1 aromatic heterocycles. The molecular formula is C17H22ClFN2. The molecule has 114 valence electrons. The summed E-state index contributed by atoms with van der Waals surface area (Å²) < 4.78 is 16.3. The van der Waals surface area contributed by atoms with E-state index in [9.17, 15) is 4.39 Å². The smallest absolute Gasteiger partial charge is 0.151 e. The van der Waals surface area contributed by atoms with Gasteiger partial charge in [-0.1, -0.05) is 32.3 Å². The molecule has 2 nitrogen and oxygen atoms in total. The molecule has 3 rings (SSSR count). The van der Waals surface area contributed by atoms with Crippen LogP contribution < -0.4 is 0 Å². The van der Waals surface area contributed by atoms with E-state index >= 15 is 0 Å². The highest BCUT2D eigenvalue weighted by molar-refractivity contribution is 6.17. The Labute approximate surface area is 130 Å². The molecule has 0 saturated heterocycles. The standard InChI is InChI=1S/C17H22ClFN2/c1-2-12-6-3-4-8-14(12)21-15-9-5-7-13(19)17(15)20-16(21)10-11-18/h5,7,9,12,14H,2-4,6,8,10-11H2,1H3. The minimum atomic E-state index is -0.231. The predicted octanol–water partition coefficient (Wildman–Crippen LogP) is 5.10. The van der Waals surface area contributed by atoms with Gasteiger partial charge in [-0.2, -0.15) is 0 Å². The van der Waals surface area contributed by atoms with Gasteiger partial charge >= 0.3 is 0 Å². The molecule has 2 atom stereocenters. The van der Waals surface area contributed by atoms with Crippen molar-refractivity contribution >= 4 is 22.6 Å². The Kier molecular flexibility index (Phi) is 4.48. The second-order valence-electron chi connectivity index (χ2n) is 5.96. The minimum Gasteiger partial charge on any atom is -0.324 e. The fourth-order valence-corrected chi connectivity index (χ4v) is 3.94. The molecule has 1 aromatic carbocycles. The van der Waals surface area contributed by atoms with Crippen LogP contribution in [-0.4, -0.2) is 15.4 Å². The zero-order valence-electron chi connectivity index (χ0n) is 12.5. The highest BCUT2D eigenvalue weighted by atomic mass is 35.5. The van der Waals surface area contributed by atoms with Crippen LogP contribution in [0.5, 0.6) is 0 Å². The molecule has 1 fully saturated rings.